The second kappa shape index (κ2) is 7.65. The number of methoxy groups -OCH3 is 1. The number of urea groups is 1. The molecule has 1 atom stereocenters. The highest BCUT2D eigenvalue weighted by molar-refractivity contribution is 6.07. The molecule has 0 aliphatic carbocycles. The maximum Gasteiger partial charge on any atom is 0.325 e. The van der Waals surface area contributed by atoms with Crippen LogP contribution in [0.3, 0.4) is 0 Å². The number of hydrogen-bond donors (Lipinski definition) is 1. The first-order valence-corrected chi connectivity index (χ1v) is 8.57. The van der Waals surface area contributed by atoms with Gasteiger partial charge in [0, 0.05) is 6.42 Å². The largest absolute Gasteiger partial charge is 0.496 e. The Morgan fingerprint density at radius 1 is 1.11 bits per heavy atom. The van der Waals surface area contributed by atoms with Crippen molar-refractivity contribution < 1.29 is 23.5 Å². The molecule has 1 aliphatic rings. The molecule has 1 saturated heterocycles. The van der Waals surface area contributed by atoms with E-state index in [9.17, 15) is 14.0 Å². The van der Waals surface area contributed by atoms with Crippen LogP contribution in [0.1, 0.15) is 12.5 Å². The molecular weight excluding hydrogens is 351 g/mol. The van der Waals surface area contributed by atoms with Crippen LogP contribution in [-0.2, 0) is 11.2 Å². The summed E-state index contributed by atoms with van der Waals surface area (Å²) in [5.74, 6) is 0.462. The molecule has 3 rings (SSSR count). The van der Waals surface area contributed by atoms with Gasteiger partial charge in [0.25, 0.3) is 5.91 Å². The Balaban J connectivity index is 1.64. The van der Waals surface area contributed by atoms with E-state index in [2.05, 4.69) is 5.32 Å². The molecule has 2 aromatic carbocycles. The Labute approximate surface area is 156 Å². The van der Waals surface area contributed by atoms with Crippen molar-refractivity contribution in [3.05, 3.63) is 59.9 Å². The molecule has 1 aliphatic heterocycles. The van der Waals surface area contributed by atoms with Crippen LogP contribution in [0.25, 0.3) is 0 Å². The molecule has 7 heteroatoms. The molecule has 1 heterocycles. The zero-order chi connectivity index (χ0) is 19.4. The lowest BCUT2D eigenvalue weighted by molar-refractivity contribution is -0.131. The lowest BCUT2D eigenvalue weighted by atomic mass is 9.92. The van der Waals surface area contributed by atoms with Gasteiger partial charge in [-0.25, -0.2) is 9.18 Å². The Morgan fingerprint density at radius 3 is 2.52 bits per heavy atom. The average Bonchev–Trinajstić information content (AvgIpc) is 2.86. The average molecular weight is 372 g/mol. The van der Waals surface area contributed by atoms with Crippen molar-refractivity contribution in [2.75, 3.05) is 20.3 Å². The number of benzene rings is 2. The molecule has 3 amide bonds. The van der Waals surface area contributed by atoms with Crippen LogP contribution in [0.4, 0.5) is 9.18 Å². The van der Waals surface area contributed by atoms with E-state index in [1.165, 1.54) is 24.3 Å². The molecule has 27 heavy (non-hydrogen) atoms. The predicted octanol–water partition coefficient (Wildman–Crippen LogP) is 2.77. The van der Waals surface area contributed by atoms with Crippen molar-refractivity contribution in [3.8, 4) is 11.5 Å². The molecule has 0 aromatic heterocycles. The molecule has 1 fully saturated rings. The number of nitrogens with zero attached hydrogens (tertiary/aromatic N) is 1. The molecule has 2 aromatic rings. The van der Waals surface area contributed by atoms with Crippen molar-refractivity contribution >= 4 is 11.9 Å². The summed E-state index contributed by atoms with van der Waals surface area (Å²) in [5.41, 5.74) is -0.220. The topological polar surface area (TPSA) is 67.9 Å². The van der Waals surface area contributed by atoms with Crippen LogP contribution in [0.2, 0.25) is 0 Å². The summed E-state index contributed by atoms with van der Waals surface area (Å²) < 4.78 is 23.7. The van der Waals surface area contributed by atoms with Gasteiger partial charge in [0.2, 0.25) is 0 Å². The molecule has 6 nitrogen and oxygen atoms in total. The number of amides is 3. The minimum Gasteiger partial charge on any atom is -0.496 e. The first kappa shape index (κ1) is 18.7. The fourth-order valence-corrected chi connectivity index (χ4v) is 3.09. The van der Waals surface area contributed by atoms with Crippen LogP contribution in [-0.4, -0.2) is 42.6 Å². The van der Waals surface area contributed by atoms with Gasteiger partial charge >= 0.3 is 6.03 Å². The smallest absolute Gasteiger partial charge is 0.325 e. The molecule has 1 N–H and O–H groups in total. The number of halogens is 1. The molecule has 0 bridgehead atoms. The van der Waals surface area contributed by atoms with E-state index in [4.69, 9.17) is 9.47 Å². The lowest BCUT2D eigenvalue weighted by Crippen LogP contribution is -2.46. The Bertz CT molecular complexity index is 840. The normalized spacial score (nSPS) is 19.1. The Kier molecular flexibility index (Phi) is 5.30. The van der Waals surface area contributed by atoms with Gasteiger partial charge in [-0.1, -0.05) is 18.2 Å². The van der Waals surface area contributed by atoms with Crippen molar-refractivity contribution in [1.29, 1.82) is 0 Å². The van der Waals surface area contributed by atoms with Crippen molar-refractivity contribution in [2.45, 2.75) is 18.9 Å². The predicted molar refractivity (Wildman–Crippen MR) is 97.2 cm³/mol. The third kappa shape index (κ3) is 4.02. The summed E-state index contributed by atoms with van der Waals surface area (Å²) in [5, 5.41) is 2.76. The van der Waals surface area contributed by atoms with Crippen molar-refractivity contribution in [2.24, 2.45) is 0 Å². The van der Waals surface area contributed by atoms with E-state index in [0.29, 0.717) is 17.9 Å². The maximum absolute atomic E-state index is 12.9. The number of nitrogens with one attached hydrogen (secondary N) is 1. The highest BCUT2D eigenvalue weighted by atomic mass is 19.1. The first-order chi connectivity index (χ1) is 12.9. The van der Waals surface area contributed by atoms with Gasteiger partial charge in [-0.3, -0.25) is 9.69 Å². The number of hydrogen-bond acceptors (Lipinski definition) is 4. The quantitative estimate of drug-likeness (QED) is 0.759. The second-order valence-electron chi connectivity index (χ2n) is 6.51. The summed E-state index contributed by atoms with van der Waals surface area (Å²) in [6.45, 7) is 1.92. The first-order valence-electron chi connectivity index (χ1n) is 8.57. The van der Waals surface area contributed by atoms with Gasteiger partial charge in [0.05, 0.1) is 13.7 Å². The number of rotatable bonds is 7. The van der Waals surface area contributed by atoms with E-state index in [1.807, 2.05) is 24.3 Å². The standard InChI is InChI=1S/C20H21FN2O4/c1-20(13-14-5-3-4-6-17(14)26-2)18(24)23(19(25)22-20)11-12-27-16-9-7-15(21)8-10-16/h3-10H,11-13H2,1-2H3,(H,22,25)/t20-/m0/s1. The van der Waals surface area contributed by atoms with E-state index < -0.39 is 11.6 Å². The number of imide groups is 1. The zero-order valence-corrected chi connectivity index (χ0v) is 15.2. The monoisotopic (exact) mass is 372 g/mol. The van der Waals surface area contributed by atoms with Gasteiger partial charge in [-0.2, -0.15) is 0 Å². The van der Waals surface area contributed by atoms with Crippen LogP contribution in [0.5, 0.6) is 11.5 Å². The molecule has 0 radical (unpaired) electrons. The van der Waals surface area contributed by atoms with Crippen LogP contribution >= 0.6 is 0 Å². The molecule has 0 unspecified atom stereocenters. The number of para-hydroxylation sites is 1. The zero-order valence-electron chi connectivity index (χ0n) is 15.2. The number of carbonyl (C=O) groups excluding carboxylic acids is 2. The summed E-state index contributed by atoms with van der Waals surface area (Å²) in [6, 6.07) is 12.5. The highest BCUT2D eigenvalue weighted by Crippen LogP contribution is 2.27. The van der Waals surface area contributed by atoms with Crippen LogP contribution in [0, 0.1) is 5.82 Å². The molecule has 0 saturated carbocycles. The van der Waals surface area contributed by atoms with Crippen LogP contribution in [0.15, 0.2) is 48.5 Å². The van der Waals surface area contributed by atoms with E-state index in [0.717, 1.165) is 10.5 Å². The summed E-state index contributed by atoms with van der Waals surface area (Å²) in [6.07, 6.45) is 0.316. The fourth-order valence-electron chi connectivity index (χ4n) is 3.09. The molecular formula is C20H21FN2O4. The molecule has 0 spiro atoms. The van der Waals surface area contributed by atoms with E-state index >= 15 is 0 Å². The minimum absolute atomic E-state index is 0.101. The lowest BCUT2D eigenvalue weighted by Gasteiger charge is -2.23. The molecule has 142 valence electrons. The second-order valence-corrected chi connectivity index (χ2v) is 6.51. The van der Waals surface area contributed by atoms with Crippen molar-refractivity contribution in [3.63, 3.8) is 0 Å². The summed E-state index contributed by atoms with van der Waals surface area (Å²) >= 11 is 0. The van der Waals surface area contributed by atoms with Gasteiger partial charge in [0.15, 0.2) is 0 Å². The van der Waals surface area contributed by atoms with Gasteiger partial charge in [-0.05, 0) is 42.8 Å². The summed E-state index contributed by atoms with van der Waals surface area (Å²) in [4.78, 5) is 26.3. The Morgan fingerprint density at radius 2 is 1.81 bits per heavy atom. The minimum atomic E-state index is -1.05. The SMILES string of the molecule is COc1ccccc1C[C@]1(C)NC(=O)N(CCOc2ccc(F)cc2)C1=O. The maximum atomic E-state index is 12.9. The van der Waals surface area contributed by atoms with E-state index in [1.54, 1.807) is 14.0 Å². The summed E-state index contributed by atoms with van der Waals surface area (Å²) in [7, 11) is 1.56. The third-order valence-electron chi connectivity index (χ3n) is 4.48. The van der Waals surface area contributed by atoms with Gasteiger partial charge in [0.1, 0.15) is 29.5 Å². The van der Waals surface area contributed by atoms with Gasteiger partial charge in [-0.15, -0.1) is 0 Å². The third-order valence-corrected chi connectivity index (χ3v) is 4.48. The van der Waals surface area contributed by atoms with Gasteiger partial charge < -0.3 is 14.8 Å². The highest BCUT2D eigenvalue weighted by Gasteiger charge is 2.47. The number of ether oxygens (including phenoxy) is 2. The number of carbonyl (C=O) groups is 2. The Hall–Kier alpha value is -3.09. The van der Waals surface area contributed by atoms with Crippen LogP contribution < -0.4 is 14.8 Å². The van der Waals surface area contributed by atoms with Crippen molar-refractivity contribution in [1.82, 2.24) is 10.2 Å². The van der Waals surface area contributed by atoms with E-state index in [-0.39, 0.29) is 24.9 Å². The fraction of sp³-hybridized carbons (Fsp3) is 0.300.